The van der Waals surface area contributed by atoms with Crippen molar-refractivity contribution >= 4 is 18.4 Å². The van der Waals surface area contributed by atoms with Gasteiger partial charge in [-0.2, -0.15) is 0 Å². The van der Waals surface area contributed by atoms with Crippen LogP contribution in [0.1, 0.15) is 37.3 Å². The van der Waals surface area contributed by atoms with Gasteiger partial charge in [0.15, 0.2) is 0 Å². The molecule has 1 heterocycles. The summed E-state index contributed by atoms with van der Waals surface area (Å²) in [5, 5.41) is 18.5. The molecule has 0 bridgehead atoms. The molecule has 2 aromatic carbocycles. The average Bonchev–Trinajstić information content (AvgIpc) is 2.66. The van der Waals surface area contributed by atoms with Gasteiger partial charge in [-0.15, -0.1) is 12.4 Å². The van der Waals surface area contributed by atoms with Crippen molar-refractivity contribution in [3.05, 3.63) is 71.8 Å². The molecule has 2 aromatic rings. The quantitative estimate of drug-likeness (QED) is 0.843. The van der Waals surface area contributed by atoms with Gasteiger partial charge in [-0.25, -0.2) is 0 Å². The minimum absolute atomic E-state index is 0. The summed E-state index contributed by atoms with van der Waals surface area (Å²) in [6.07, 6.45) is 1.84. The van der Waals surface area contributed by atoms with Crippen LogP contribution in [0.25, 0.3) is 0 Å². The van der Waals surface area contributed by atoms with Crippen LogP contribution in [0.5, 0.6) is 0 Å². The summed E-state index contributed by atoms with van der Waals surface area (Å²) >= 11 is 0. The molecular weight excluding hydrogens is 350 g/mol. The first-order valence-corrected chi connectivity index (χ1v) is 8.79. The SMILES string of the molecule is CCC(=O)O.Cl.OC1(c2ccccc2)CCN(Cc2ccccc2)CC1. The lowest BCUT2D eigenvalue weighted by Gasteiger charge is -2.38. The minimum Gasteiger partial charge on any atom is -0.481 e. The van der Waals surface area contributed by atoms with Crippen LogP contribution >= 0.6 is 12.4 Å². The smallest absolute Gasteiger partial charge is 0.303 e. The molecule has 0 saturated carbocycles. The van der Waals surface area contributed by atoms with Crippen molar-refractivity contribution < 1.29 is 15.0 Å². The van der Waals surface area contributed by atoms with E-state index in [-0.39, 0.29) is 18.8 Å². The highest BCUT2D eigenvalue weighted by Gasteiger charge is 2.33. The molecule has 0 spiro atoms. The molecule has 0 aromatic heterocycles. The maximum absolute atomic E-state index is 10.8. The fourth-order valence-electron chi connectivity index (χ4n) is 2.96. The molecule has 1 fully saturated rings. The summed E-state index contributed by atoms with van der Waals surface area (Å²) in [7, 11) is 0. The molecule has 142 valence electrons. The van der Waals surface area contributed by atoms with Gasteiger partial charge < -0.3 is 10.2 Å². The number of aliphatic carboxylic acids is 1. The van der Waals surface area contributed by atoms with E-state index in [2.05, 4.69) is 29.2 Å². The van der Waals surface area contributed by atoms with Gasteiger partial charge in [-0.1, -0.05) is 67.6 Å². The van der Waals surface area contributed by atoms with Crippen LogP contribution < -0.4 is 0 Å². The van der Waals surface area contributed by atoms with Crippen LogP contribution in [0.2, 0.25) is 0 Å². The zero-order valence-corrected chi connectivity index (χ0v) is 16.0. The predicted octanol–water partition coefficient (Wildman–Crippen LogP) is 4.07. The van der Waals surface area contributed by atoms with Crippen LogP contribution in [-0.4, -0.2) is 34.2 Å². The van der Waals surface area contributed by atoms with E-state index in [0.717, 1.165) is 38.0 Å². The van der Waals surface area contributed by atoms with E-state index < -0.39 is 11.6 Å². The maximum atomic E-state index is 10.8. The Bertz CT molecular complexity index is 641. The van der Waals surface area contributed by atoms with Gasteiger partial charge >= 0.3 is 5.97 Å². The standard InChI is InChI=1S/C18H21NO.C3H6O2.ClH/c20-18(17-9-5-2-6-10-17)11-13-19(14-12-18)15-16-7-3-1-4-8-16;1-2-3(4)5;/h1-10,20H,11-15H2;2H2,1H3,(H,4,5);1H. The van der Waals surface area contributed by atoms with E-state index in [1.54, 1.807) is 6.92 Å². The first-order valence-electron chi connectivity index (χ1n) is 8.79. The van der Waals surface area contributed by atoms with Gasteiger partial charge in [0.1, 0.15) is 0 Å². The highest BCUT2D eigenvalue weighted by Crippen LogP contribution is 2.32. The van der Waals surface area contributed by atoms with Crippen LogP contribution in [0.3, 0.4) is 0 Å². The Balaban J connectivity index is 0.000000501. The Morgan fingerprint density at radius 1 is 1.00 bits per heavy atom. The second kappa shape index (κ2) is 11.0. The number of carboxylic acids is 1. The van der Waals surface area contributed by atoms with Crippen molar-refractivity contribution in [2.45, 2.75) is 38.3 Å². The summed E-state index contributed by atoms with van der Waals surface area (Å²) in [4.78, 5) is 11.8. The largest absolute Gasteiger partial charge is 0.481 e. The van der Waals surface area contributed by atoms with Crippen molar-refractivity contribution in [2.24, 2.45) is 0 Å². The zero-order chi connectivity index (χ0) is 18.1. The molecular formula is C21H28ClNO3. The Kier molecular flexibility index (Phi) is 9.35. The van der Waals surface area contributed by atoms with Crippen LogP contribution in [0, 0.1) is 0 Å². The number of aliphatic hydroxyl groups is 1. The number of hydrogen-bond donors (Lipinski definition) is 2. The molecule has 0 unspecified atom stereocenters. The van der Waals surface area contributed by atoms with E-state index in [9.17, 15) is 9.90 Å². The fraction of sp³-hybridized carbons (Fsp3) is 0.381. The van der Waals surface area contributed by atoms with Gasteiger partial charge in [-0.05, 0) is 24.0 Å². The van der Waals surface area contributed by atoms with Gasteiger partial charge in [0.25, 0.3) is 0 Å². The molecule has 0 radical (unpaired) electrons. The number of hydrogen-bond acceptors (Lipinski definition) is 3. The van der Waals surface area contributed by atoms with Gasteiger partial charge in [0, 0.05) is 26.1 Å². The molecule has 0 amide bonds. The zero-order valence-electron chi connectivity index (χ0n) is 15.2. The molecule has 1 aliphatic heterocycles. The normalized spacial score (nSPS) is 15.9. The van der Waals surface area contributed by atoms with Crippen LogP contribution in [0.15, 0.2) is 60.7 Å². The van der Waals surface area contributed by atoms with Crippen molar-refractivity contribution in [1.29, 1.82) is 0 Å². The molecule has 2 N–H and O–H groups in total. The Morgan fingerprint density at radius 2 is 1.46 bits per heavy atom. The van der Waals surface area contributed by atoms with Crippen LogP contribution in [0.4, 0.5) is 0 Å². The number of nitrogens with zero attached hydrogens (tertiary/aromatic N) is 1. The Labute approximate surface area is 161 Å². The lowest BCUT2D eigenvalue weighted by Crippen LogP contribution is -2.42. The van der Waals surface area contributed by atoms with Crippen molar-refractivity contribution in [2.75, 3.05) is 13.1 Å². The molecule has 26 heavy (non-hydrogen) atoms. The molecule has 1 saturated heterocycles. The fourth-order valence-corrected chi connectivity index (χ4v) is 2.96. The minimum atomic E-state index is -0.745. The second-order valence-electron chi connectivity index (χ2n) is 6.41. The van der Waals surface area contributed by atoms with Crippen molar-refractivity contribution in [3.8, 4) is 0 Å². The van der Waals surface area contributed by atoms with Gasteiger partial charge in [0.2, 0.25) is 0 Å². The number of carboxylic acid groups (broad SMARTS) is 1. The number of piperidine rings is 1. The van der Waals surface area contributed by atoms with Gasteiger partial charge in [-0.3, -0.25) is 9.69 Å². The first-order chi connectivity index (χ1) is 12.0. The highest BCUT2D eigenvalue weighted by atomic mass is 35.5. The number of halogens is 1. The first kappa shape index (κ1) is 22.2. The molecule has 4 nitrogen and oxygen atoms in total. The summed E-state index contributed by atoms with van der Waals surface area (Å²) in [5.41, 5.74) is 1.76. The van der Waals surface area contributed by atoms with E-state index in [1.165, 1.54) is 5.56 Å². The number of rotatable bonds is 4. The molecule has 1 aliphatic rings. The van der Waals surface area contributed by atoms with Crippen molar-refractivity contribution in [1.82, 2.24) is 4.90 Å². The van der Waals surface area contributed by atoms with E-state index in [4.69, 9.17) is 5.11 Å². The summed E-state index contributed by atoms with van der Waals surface area (Å²) < 4.78 is 0. The van der Waals surface area contributed by atoms with Crippen LogP contribution in [-0.2, 0) is 16.9 Å². The molecule has 3 rings (SSSR count). The third kappa shape index (κ3) is 6.79. The van der Waals surface area contributed by atoms with E-state index in [1.807, 2.05) is 36.4 Å². The number of benzene rings is 2. The molecule has 0 atom stereocenters. The Hall–Kier alpha value is -1.88. The molecule has 0 aliphatic carbocycles. The predicted molar refractivity (Wildman–Crippen MR) is 106 cm³/mol. The summed E-state index contributed by atoms with van der Waals surface area (Å²) in [6, 6.07) is 20.6. The number of likely N-dealkylation sites (tertiary alicyclic amines) is 1. The van der Waals surface area contributed by atoms with Gasteiger partial charge in [0.05, 0.1) is 5.60 Å². The summed E-state index contributed by atoms with van der Waals surface area (Å²) in [6.45, 7) is 4.47. The van der Waals surface area contributed by atoms with E-state index >= 15 is 0 Å². The highest BCUT2D eigenvalue weighted by molar-refractivity contribution is 5.85. The monoisotopic (exact) mass is 377 g/mol. The van der Waals surface area contributed by atoms with Crippen molar-refractivity contribution in [3.63, 3.8) is 0 Å². The molecule has 5 heteroatoms. The topological polar surface area (TPSA) is 60.8 Å². The maximum Gasteiger partial charge on any atom is 0.303 e. The average molecular weight is 378 g/mol. The van der Waals surface area contributed by atoms with E-state index in [0.29, 0.717) is 0 Å². The third-order valence-electron chi connectivity index (χ3n) is 4.55. The Morgan fingerprint density at radius 3 is 1.92 bits per heavy atom. The summed E-state index contributed by atoms with van der Waals surface area (Å²) in [5.74, 6) is -0.745. The number of carbonyl (C=O) groups is 1. The lowest BCUT2D eigenvalue weighted by molar-refractivity contribution is -0.136. The lowest BCUT2D eigenvalue weighted by atomic mass is 9.84. The second-order valence-corrected chi connectivity index (χ2v) is 6.41. The third-order valence-corrected chi connectivity index (χ3v) is 4.55.